The monoisotopic (exact) mass is 339 g/mol. The number of carbonyl (C=O) groups excluding carboxylic acids is 2. The summed E-state index contributed by atoms with van der Waals surface area (Å²) >= 11 is 0. The summed E-state index contributed by atoms with van der Waals surface area (Å²) in [6, 6.07) is 7.23. The SMILES string of the molecule is CCC(=O)Nc1ccc(NC(=O)CCC2CCNCC2)cc1.Cl. The van der Waals surface area contributed by atoms with E-state index in [2.05, 4.69) is 16.0 Å². The van der Waals surface area contributed by atoms with Crippen LogP contribution in [0.1, 0.15) is 39.0 Å². The molecule has 1 aliphatic rings. The summed E-state index contributed by atoms with van der Waals surface area (Å²) in [6.07, 6.45) is 4.31. The van der Waals surface area contributed by atoms with Crippen molar-refractivity contribution in [2.24, 2.45) is 5.92 Å². The highest BCUT2D eigenvalue weighted by Gasteiger charge is 2.14. The lowest BCUT2D eigenvalue weighted by Gasteiger charge is -2.22. The van der Waals surface area contributed by atoms with E-state index in [1.54, 1.807) is 12.1 Å². The number of nitrogens with one attached hydrogen (secondary N) is 3. The van der Waals surface area contributed by atoms with Crippen LogP contribution in [0, 0.1) is 5.92 Å². The van der Waals surface area contributed by atoms with Crippen LogP contribution < -0.4 is 16.0 Å². The van der Waals surface area contributed by atoms with Crippen molar-refractivity contribution in [3.8, 4) is 0 Å². The van der Waals surface area contributed by atoms with Crippen LogP contribution in [0.5, 0.6) is 0 Å². The Bertz CT molecular complexity index is 499. The zero-order chi connectivity index (χ0) is 15.8. The summed E-state index contributed by atoms with van der Waals surface area (Å²) in [6.45, 7) is 3.95. The predicted molar refractivity (Wildman–Crippen MR) is 96.1 cm³/mol. The summed E-state index contributed by atoms with van der Waals surface area (Å²) in [5.41, 5.74) is 1.52. The van der Waals surface area contributed by atoms with Gasteiger partial charge in [-0.3, -0.25) is 9.59 Å². The summed E-state index contributed by atoms with van der Waals surface area (Å²) < 4.78 is 0. The van der Waals surface area contributed by atoms with E-state index >= 15 is 0 Å². The van der Waals surface area contributed by atoms with Crippen molar-refractivity contribution in [1.29, 1.82) is 0 Å². The molecule has 1 fully saturated rings. The maximum Gasteiger partial charge on any atom is 0.224 e. The van der Waals surface area contributed by atoms with Gasteiger partial charge in [-0.1, -0.05) is 6.92 Å². The van der Waals surface area contributed by atoms with Gasteiger partial charge in [0.25, 0.3) is 0 Å². The molecule has 3 N–H and O–H groups in total. The van der Waals surface area contributed by atoms with Gasteiger partial charge >= 0.3 is 0 Å². The number of carbonyl (C=O) groups is 2. The van der Waals surface area contributed by atoms with E-state index in [1.807, 2.05) is 19.1 Å². The van der Waals surface area contributed by atoms with Gasteiger partial charge in [-0.25, -0.2) is 0 Å². The van der Waals surface area contributed by atoms with Crippen LogP contribution in [0.4, 0.5) is 11.4 Å². The second kappa shape index (κ2) is 10.2. The van der Waals surface area contributed by atoms with Gasteiger partial charge in [0.1, 0.15) is 0 Å². The Balaban J connectivity index is 0.00000264. The summed E-state index contributed by atoms with van der Waals surface area (Å²) in [7, 11) is 0. The zero-order valence-corrected chi connectivity index (χ0v) is 14.4. The molecule has 2 amide bonds. The minimum absolute atomic E-state index is 0. The van der Waals surface area contributed by atoms with Crippen molar-refractivity contribution < 1.29 is 9.59 Å². The topological polar surface area (TPSA) is 70.2 Å². The van der Waals surface area contributed by atoms with Gasteiger partial charge in [-0.2, -0.15) is 0 Å². The molecule has 0 saturated carbocycles. The van der Waals surface area contributed by atoms with Crippen molar-refractivity contribution in [2.75, 3.05) is 23.7 Å². The highest BCUT2D eigenvalue weighted by molar-refractivity contribution is 5.92. The molecule has 1 heterocycles. The van der Waals surface area contributed by atoms with Crippen LogP contribution in [0.2, 0.25) is 0 Å². The lowest BCUT2D eigenvalue weighted by Crippen LogP contribution is -2.28. The number of hydrogen-bond donors (Lipinski definition) is 3. The number of anilines is 2. The van der Waals surface area contributed by atoms with E-state index in [0.717, 1.165) is 30.9 Å². The number of piperidine rings is 1. The Morgan fingerprint density at radius 2 is 1.57 bits per heavy atom. The molecule has 1 aliphatic heterocycles. The van der Waals surface area contributed by atoms with Gasteiger partial charge in [0.2, 0.25) is 11.8 Å². The molecule has 23 heavy (non-hydrogen) atoms. The fourth-order valence-corrected chi connectivity index (χ4v) is 2.62. The number of halogens is 1. The number of hydrogen-bond acceptors (Lipinski definition) is 3. The molecule has 1 aromatic rings. The molecule has 0 atom stereocenters. The standard InChI is InChI=1S/C17H25N3O2.ClH/c1-2-16(21)19-14-4-6-15(7-5-14)20-17(22)8-3-13-9-11-18-12-10-13;/h4-7,13,18H,2-3,8-12H2,1H3,(H,19,21)(H,20,22);1H. The lowest BCUT2D eigenvalue weighted by atomic mass is 9.93. The van der Waals surface area contributed by atoms with E-state index in [-0.39, 0.29) is 24.2 Å². The Morgan fingerprint density at radius 1 is 1.04 bits per heavy atom. The molecule has 0 unspecified atom stereocenters. The third-order valence-corrected chi connectivity index (χ3v) is 4.01. The molecule has 0 bridgehead atoms. The molecule has 2 rings (SSSR count). The normalized spacial score (nSPS) is 14.7. The quantitative estimate of drug-likeness (QED) is 0.745. The maximum absolute atomic E-state index is 12.0. The fraction of sp³-hybridized carbons (Fsp3) is 0.529. The molecule has 6 heteroatoms. The maximum atomic E-state index is 12.0. The van der Waals surface area contributed by atoms with E-state index < -0.39 is 0 Å². The molecule has 1 aromatic carbocycles. The van der Waals surface area contributed by atoms with E-state index in [9.17, 15) is 9.59 Å². The van der Waals surface area contributed by atoms with Gasteiger partial charge in [0, 0.05) is 24.2 Å². The molecular formula is C17H26ClN3O2. The van der Waals surface area contributed by atoms with E-state index in [4.69, 9.17) is 0 Å². The fourth-order valence-electron chi connectivity index (χ4n) is 2.62. The second-order valence-corrected chi connectivity index (χ2v) is 5.76. The third kappa shape index (κ3) is 7.01. The van der Waals surface area contributed by atoms with Crippen LogP contribution in [-0.4, -0.2) is 24.9 Å². The average Bonchev–Trinajstić information content (AvgIpc) is 2.55. The van der Waals surface area contributed by atoms with Crippen LogP contribution in [0.25, 0.3) is 0 Å². The third-order valence-electron chi connectivity index (χ3n) is 4.01. The minimum Gasteiger partial charge on any atom is -0.326 e. The summed E-state index contributed by atoms with van der Waals surface area (Å²) in [5.74, 6) is 0.710. The number of rotatable bonds is 6. The molecular weight excluding hydrogens is 314 g/mol. The lowest BCUT2D eigenvalue weighted by molar-refractivity contribution is -0.117. The van der Waals surface area contributed by atoms with E-state index in [1.165, 1.54) is 12.8 Å². The smallest absolute Gasteiger partial charge is 0.224 e. The average molecular weight is 340 g/mol. The highest BCUT2D eigenvalue weighted by atomic mass is 35.5. The molecule has 0 aromatic heterocycles. The Morgan fingerprint density at radius 3 is 2.09 bits per heavy atom. The van der Waals surface area contributed by atoms with Gasteiger partial charge < -0.3 is 16.0 Å². The predicted octanol–water partition coefficient (Wildman–Crippen LogP) is 3.18. The van der Waals surface area contributed by atoms with Crippen molar-refractivity contribution in [3.05, 3.63) is 24.3 Å². The Kier molecular flexibility index (Phi) is 8.66. The summed E-state index contributed by atoms with van der Waals surface area (Å²) in [4.78, 5) is 23.3. The van der Waals surface area contributed by atoms with Crippen LogP contribution in [0.15, 0.2) is 24.3 Å². The van der Waals surface area contributed by atoms with E-state index in [0.29, 0.717) is 18.8 Å². The molecule has 128 valence electrons. The van der Waals surface area contributed by atoms with Crippen molar-refractivity contribution in [1.82, 2.24) is 5.32 Å². The minimum atomic E-state index is -0.0150. The van der Waals surface area contributed by atoms with Crippen molar-refractivity contribution >= 4 is 35.6 Å². The second-order valence-electron chi connectivity index (χ2n) is 5.76. The highest BCUT2D eigenvalue weighted by Crippen LogP contribution is 2.19. The van der Waals surface area contributed by atoms with Crippen LogP contribution >= 0.6 is 12.4 Å². The molecule has 0 aliphatic carbocycles. The summed E-state index contributed by atoms with van der Waals surface area (Å²) in [5, 5.41) is 9.03. The Labute approximate surface area is 144 Å². The molecule has 0 radical (unpaired) electrons. The first kappa shape index (κ1) is 19.5. The zero-order valence-electron chi connectivity index (χ0n) is 13.6. The number of benzene rings is 1. The first-order chi connectivity index (χ1) is 10.7. The van der Waals surface area contributed by atoms with Gasteiger partial charge in [-0.15, -0.1) is 12.4 Å². The largest absolute Gasteiger partial charge is 0.326 e. The van der Waals surface area contributed by atoms with Gasteiger partial charge in [0.05, 0.1) is 0 Å². The first-order valence-electron chi connectivity index (χ1n) is 8.08. The molecule has 1 saturated heterocycles. The van der Waals surface area contributed by atoms with Gasteiger partial charge in [-0.05, 0) is 62.5 Å². The van der Waals surface area contributed by atoms with Crippen LogP contribution in [0.3, 0.4) is 0 Å². The van der Waals surface area contributed by atoms with Crippen molar-refractivity contribution in [2.45, 2.75) is 39.0 Å². The van der Waals surface area contributed by atoms with Gasteiger partial charge in [0.15, 0.2) is 0 Å². The molecule has 0 spiro atoms. The Hall–Kier alpha value is -1.59. The first-order valence-corrected chi connectivity index (χ1v) is 8.08. The number of amides is 2. The molecule has 5 nitrogen and oxygen atoms in total. The van der Waals surface area contributed by atoms with Crippen LogP contribution in [-0.2, 0) is 9.59 Å². The van der Waals surface area contributed by atoms with Crippen molar-refractivity contribution in [3.63, 3.8) is 0 Å².